The summed E-state index contributed by atoms with van der Waals surface area (Å²) in [5.41, 5.74) is 0. The van der Waals surface area contributed by atoms with Crippen LogP contribution in [0.4, 0.5) is 0 Å². The predicted octanol–water partition coefficient (Wildman–Crippen LogP) is 1.21. The summed E-state index contributed by atoms with van der Waals surface area (Å²) in [7, 11) is 10.8. The van der Waals surface area contributed by atoms with E-state index in [1.165, 1.54) is 45.4 Å². The van der Waals surface area contributed by atoms with Crippen molar-refractivity contribution in [3.63, 3.8) is 0 Å². The van der Waals surface area contributed by atoms with E-state index >= 15 is 0 Å². The average molecular weight is 215 g/mol. The summed E-state index contributed by atoms with van der Waals surface area (Å²) in [6, 6.07) is 0. The van der Waals surface area contributed by atoms with E-state index in [0.717, 1.165) is 0 Å². The zero-order valence-corrected chi connectivity index (χ0v) is 11.3. The summed E-state index contributed by atoms with van der Waals surface area (Å²) in [5.74, 6) is 0. The van der Waals surface area contributed by atoms with Crippen molar-refractivity contribution in [2.75, 3.05) is 61.4 Å². The van der Waals surface area contributed by atoms with E-state index in [-0.39, 0.29) is 0 Å². The highest BCUT2D eigenvalue weighted by molar-refractivity contribution is 4.55. The summed E-state index contributed by atoms with van der Waals surface area (Å²) >= 11 is 0. The summed E-state index contributed by atoms with van der Waals surface area (Å²) in [4.78, 5) is 6.95. The highest BCUT2D eigenvalue weighted by atomic mass is 15.1. The second kappa shape index (κ2) is 9.13. The van der Waals surface area contributed by atoms with Crippen LogP contribution in [0.15, 0.2) is 0 Å². The molecule has 0 unspecified atom stereocenters. The molecule has 0 spiro atoms. The third kappa shape index (κ3) is 11.8. The molecule has 92 valence electrons. The number of rotatable bonds is 9. The van der Waals surface area contributed by atoms with E-state index in [1.54, 1.807) is 0 Å². The highest BCUT2D eigenvalue weighted by Crippen LogP contribution is 1.95. The van der Waals surface area contributed by atoms with Crippen molar-refractivity contribution < 1.29 is 0 Å². The fourth-order valence-electron chi connectivity index (χ4n) is 1.58. The minimum Gasteiger partial charge on any atom is -0.309 e. The quantitative estimate of drug-likeness (QED) is 0.535. The molecule has 0 aromatic carbocycles. The van der Waals surface area contributed by atoms with Crippen molar-refractivity contribution in [1.29, 1.82) is 0 Å². The summed E-state index contributed by atoms with van der Waals surface area (Å²) in [5, 5.41) is 0. The molecule has 0 radical (unpaired) electrons. The van der Waals surface area contributed by atoms with Gasteiger partial charge in [0.2, 0.25) is 0 Å². The van der Waals surface area contributed by atoms with Crippen LogP contribution >= 0.6 is 0 Å². The molecule has 0 aliphatic rings. The Morgan fingerprint density at radius 2 is 0.933 bits per heavy atom. The lowest BCUT2D eigenvalue weighted by Gasteiger charge is -2.18. The Bertz CT molecular complexity index is 135. The molecule has 0 bridgehead atoms. The van der Waals surface area contributed by atoms with Gasteiger partial charge in [0.25, 0.3) is 0 Å². The zero-order chi connectivity index (χ0) is 11.7. The molecule has 3 nitrogen and oxygen atoms in total. The molecule has 0 fully saturated rings. The van der Waals surface area contributed by atoms with Crippen LogP contribution in [0.25, 0.3) is 0 Å². The lowest BCUT2D eigenvalue weighted by atomic mass is 10.2. The first-order valence-corrected chi connectivity index (χ1v) is 6.00. The number of hydrogen-bond donors (Lipinski definition) is 0. The molecule has 0 aromatic heterocycles. The first-order chi connectivity index (χ1) is 7.02. The largest absolute Gasteiger partial charge is 0.309 e. The van der Waals surface area contributed by atoms with Gasteiger partial charge in [0, 0.05) is 0 Å². The van der Waals surface area contributed by atoms with Gasteiger partial charge in [-0.05, 0) is 80.7 Å². The summed E-state index contributed by atoms with van der Waals surface area (Å²) < 4.78 is 0. The zero-order valence-electron chi connectivity index (χ0n) is 11.3. The molecule has 0 saturated carbocycles. The predicted molar refractivity (Wildman–Crippen MR) is 68.5 cm³/mol. The Morgan fingerprint density at radius 3 is 1.47 bits per heavy atom. The first-order valence-electron chi connectivity index (χ1n) is 6.00. The van der Waals surface area contributed by atoms with Gasteiger partial charge in [-0.1, -0.05) is 0 Å². The average Bonchev–Trinajstić information content (AvgIpc) is 2.11. The van der Waals surface area contributed by atoms with Crippen molar-refractivity contribution in [3.8, 4) is 0 Å². The molecule has 0 heterocycles. The van der Waals surface area contributed by atoms with Crippen LogP contribution in [0, 0.1) is 0 Å². The standard InChI is InChI=1S/C12H29N3/c1-13(2)9-6-7-11-15(5)12-8-10-14(3)4/h6-12H2,1-5H3. The highest BCUT2D eigenvalue weighted by Gasteiger charge is 1.99. The molecule has 0 atom stereocenters. The van der Waals surface area contributed by atoms with Gasteiger partial charge in [-0.25, -0.2) is 0 Å². The molecular weight excluding hydrogens is 186 g/mol. The normalized spacial score (nSPS) is 12.0. The van der Waals surface area contributed by atoms with E-state index in [1.807, 2.05) is 0 Å². The van der Waals surface area contributed by atoms with Gasteiger partial charge in [-0.2, -0.15) is 0 Å². The van der Waals surface area contributed by atoms with Gasteiger partial charge in [-0.15, -0.1) is 0 Å². The van der Waals surface area contributed by atoms with Crippen LogP contribution < -0.4 is 0 Å². The Balaban J connectivity index is 3.22. The van der Waals surface area contributed by atoms with Crippen LogP contribution in [0.1, 0.15) is 19.3 Å². The van der Waals surface area contributed by atoms with Gasteiger partial charge >= 0.3 is 0 Å². The molecule has 0 aromatic rings. The Hall–Kier alpha value is -0.120. The van der Waals surface area contributed by atoms with Crippen LogP contribution in [0.5, 0.6) is 0 Å². The van der Waals surface area contributed by atoms with Crippen molar-refractivity contribution >= 4 is 0 Å². The van der Waals surface area contributed by atoms with Crippen LogP contribution in [0.2, 0.25) is 0 Å². The van der Waals surface area contributed by atoms with Gasteiger partial charge < -0.3 is 14.7 Å². The topological polar surface area (TPSA) is 9.72 Å². The minimum absolute atomic E-state index is 1.20. The second-order valence-electron chi connectivity index (χ2n) is 4.97. The van der Waals surface area contributed by atoms with Gasteiger partial charge in [-0.3, -0.25) is 0 Å². The SMILES string of the molecule is CN(C)CCCCN(C)CCCN(C)C. The smallest absolute Gasteiger partial charge is 0.000960 e. The minimum atomic E-state index is 1.20. The number of nitrogens with zero attached hydrogens (tertiary/aromatic N) is 3. The molecule has 0 rings (SSSR count). The Labute approximate surface area is 96.0 Å². The Kier molecular flexibility index (Phi) is 9.06. The molecule has 0 amide bonds. The maximum Gasteiger partial charge on any atom is -0.000960 e. The second-order valence-corrected chi connectivity index (χ2v) is 4.97. The Morgan fingerprint density at radius 1 is 0.533 bits per heavy atom. The fourth-order valence-corrected chi connectivity index (χ4v) is 1.58. The van der Waals surface area contributed by atoms with Crippen molar-refractivity contribution in [3.05, 3.63) is 0 Å². The van der Waals surface area contributed by atoms with Gasteiger partial charge in [0.05, 0.1) is 0 Å². The van der Waals surface area contributed by atoms with Crippen LogP contribution in [-0.2, 0) is 0 Å². The van der Waals surface area contributed by atoms with Crippen molar-refractivity contribution in [2.24, 2.45) is 0 Å². The maximum absolute atomic E-state index is 2.44. The fraction of sp³-hybridized carbons (Fsp3) is 1.00. The van der Waals surface area contributed by atoms with E-state index < -0.39 is 0 Å². The van der Waals surface area contributed by atoms with E-state index in [4.69, 9.17) is 0 Å². The first kappa shape index (κ1) is 14.9. The molecule has 0 N–H and O–H groups in total. The monoisotopic (exact) mass is 215 g/mol. The van der Waals surface area contributed by atoms with E-state index in [0.29, 0.717) is 0 Å². The third-order valence-electron chi connectivity index (χ3n) is 2.54. The molecular formula is C12H29N3. The number of hydrogen-bond acceptors (Lipinski definition) is 3. The third-order valence-corrected chi connectivity index (χ3v) is 2.54. The van der Waals surface area contributed by atoms with Crippen molar-refractivity contribution in [2.45, 2.75) is 19.3 Å². The maximum atomic E-state index is 2.44. The lowest BCUT2D eigenvalue weighted by Crippen LogP contribution is -2.25. The molecule has 0 saturated heterocycles. The van der Waals surface area contributed by atoms with E-state index in [9.17, 15) is 0 Å². The van der Waals surface area contributed by atoms with Crippen molar-refractivity contribution in [1.82, 2.24) is 14.7 Å². The molecule has 15 heavy (non-hydrogen) atoms. The van der Waals surface area contributed by atoms with Crippen LogP contribution in [-0.4, -0.2) is 76.1 Å². The summed E-state index contributed by atoms with van der Waals surface area (Å²) in [6.07, 6.45) is 3.90. The number of unbranched alkanes of at least 4 members (excludes halogenated alkanes) is 1. The van der Waals surface area contributed by atoms with E-state index in [2.05, 4.69) is 49.9 Å². The van der Waals surface area contributed by atoms with Crippen LogP contribution in [0.3, 0.4) is 0 Å². The molecule has 3 heteroatoms. The molecule has 0 aliphatic carbocycles. The lowest BCUT2D eigenvalue weighted by molar-refractivity contribution is 0.288. The summed E-state index contributed by atoms with van der Waals surface area (Å²) in [6.45, 7) is 4.87. The molecule has 0 aliphatic heterocycles. The van der Waals surface area contributed by atoms with Gasteiger partial charge in [0.15, 0.2) is 0 Å². The van der Waals surface area contributed by atoms with Gasteiger partial charge in [0.1, 0.15) is 0 Å².